The molecule has 0 aliphatic heterocycles. The Kier molecular flexibility index (Phi) is 6.51. The van der Waals surface area contributed by atoms with Crippen molar-refractivity contribution in [1.82, 2.24) is 0 Å². The van der Waals surface area contributed by atoms with Gasteiger partial charge >= 0.3 is 0 Å². The molecular weight excluding hydrogens is 144 g/mol. The van der Waals surface area contributed by atoms with E-state index in [0.29, 0.717) is 0 Å². The third-order valence-corrected chi connectivity index (χ3v) is 2.72. The van der Waals surface area contributed by atoms with E-state index in [4.69, 9.17) is 0 Å². The van der Waals surface area contributed by atoms with Gasteiger partial charge in [-0.3, -0.25) is 0 Å². The molecule has 0 N–H and O–H groups in total. The normalized spacial score (nSPS) is 16.5. The second-order valence-corrected chi connectivity index (χ2v) is 4.83. The van der Waals surface area contributed by atoms with Crippen LogP contribution in [-0.4, -0.2) is 0 Å². The van der Waals surface area contributed by atoms with Gasteiger partial charge in [0.1, 0.15) is 0 Å². The Morgan fingerprint density at radius 3 is 1.75 bits per heavy atom. The highest BCUT2D eigenvalue weighted by Crippen LogP contribution is 2.20. The minimum absolute atomic E-state index is 0.872. The summed E-state index contributed by atoms with van der Waals surface area (Å²) in [6.45, 7) is 11.7. The molecule has 12 heavy (non-hydrogen) atoms. The summed E-state index contributed by atoms with van der Waals surface area (Å²) >= 11 is 0. The van der Waals surface area contributed by atoms with E-state index >= 15 is 0 Å². The predicted octanol–water partition coefficient (Wildman–Crippen LogP) is 4.49. The molecule has 2 unspecified atom stereocenters. The van der Waals surface area contributed by atoms with Crippen LogP contribution in [0.25, 0.3) is 0 Å². The van der Waals surface area contributed by atoms with Crippen molar-refractivity contribution in [2.75, 3.05) is 0 Å². The summed E-state index contributed by atoms with van der Waals surface area (Å²) in [5.41, 5.74) is 0. The van der Waals surface area contributed by atoms with Crippen LogP contribution in [0.2, 0.25) is 0 Å². The van der Waals surface area contributed by atoms with Crippen LogP contribution in [0.5, 0.6) is 0 Å². The minimum atomic E-state index is 0.872. The Hall–Kier alpha value is 0. The van der Waals surface area contributed by atoms with E-state index in [1.54, 1.807) is 0 Å². The first-order valence-electron chi connectivity index (χ1n) is 5.56. The van der Waals surface area contributed by atoms with Gasteiger partial charge in [-0.25, -0.2) is 0 Å². The van der Waals surface area contributed by atoms with E-state index in [0.717, 1.165) is 17.8 Å². The lowest BCUT2D eigenvalue weighted by Crippen LogP contribution is -2.02. The molecule has 0 heterocycles. The Bertz CT molecular complexity index is 94.2. The van der Waals surface area contributed by atoms with Crippen LogP contribution in [-0.2, 0) is 0 Å². The van der Waals surface area contributed by atoms with Gasteiger partial charge in [-0.05, 0) is 24.2 Å². The lowest BCUT2D eigenvalue weighted by atomic mass is 9.91. The van der Waals surface area contributed by atoms with Gasteiger partial charge < -0.3 is 0 Å². The van der Waals surface area contributed by atoms with Crippen LogP contribution in [0.3, 0.4) is 0 Å². The highest BCUT2D eigenvalue weighted by atomic mass is 14.1. The maximum atomic E-state index is 2.39. The smallest absolute Gasteiger partial charge is 0.0440 e. The van der Waals surface area contributed by atoms with Gasteiger partial charge in [0, 0.05) is 0 Å². The molecule has 0 bridgehead atoms. The Morgan fingerprint density at radius 2 is 1.33 bits per heavy atom. The summed E-state index contributed by atoms with van der Waals surface area (Å²) < 4.78 is 0. The minimum Gasteiger partial charge on any atom is -0.0651 e. The summed E-state index contributed by atoms with van der Waals surface area (Å²) in [7, 11) is 0. The van der Waals surface area contributed by atoms with Gasteiger partial charge in [0.25, 0.3) is 0 Å². The fourth-order valence-corrected chi connectivity index (χ4v) is 1.70. The Morgan fingerprint density at radius 1 is 0.833 bits per heavy atom. The van der Waals surface area contributed by atoms with Crippen molar-refractivity contribution in [3.8, 4) is 0 Å². The molecule has 0 aromatic heterocycles. The first kappa shape index (κ1) is 12.0. The summed E-state index contributed by atoms with van der Waals surface area (Å²) in [5, 5.41) is 0. The molecule has 0 radical (unpaired) electrons. The van der Waals surface area contributed by atoms with Gasteiger partial charge in [-0.2, -0.15) is 0 Å². The van der Waals surface area contributed by atoms with E-state index in [2.05, 4.69) is 34.6 Å². The molecule has 0 nitrogen and oxygen atoms in total. The average molecular weight is 170 g/mol. The molecular formula is C12H26. The van der Waals surface area contributed by atoms with Crippen LogP contribution in [0.15, 0.2) is 0 Å². The molecule has 0 aliphatic carbocycles. The zero-order chi connectivity index (χ0) is 9.56. The third-order valence-electron chi connectivity index (χ3n) is 2.72. The van der Waals surface area contributed by atoms with Crippen molar-refractivity contribution < 1.29 is 0 Å². The van der Waals surface area contributed by atoms with E-state index in [1.807, 2.05) is 0 Å². The van der Waals surface area contributed by atoms with Crippen LogP contribution >= 0.6 is 0 Å². The molecule has 0 heteroatoms. The third kappa shape index (κ3) is 6.69. The lowest BCUT2D eigenvalue weighted by molar-refractivity contribution is 0.368. The molecule has 0 amide bonds. The molecule has 2 atom stereocenters. The lowest BCUT2D eigenvalue weighted by Gasteiger charge is -2.15. The molecule has 0 aliphatic rings. The van der Waals surface area contributed by atoms with Crippen LogP contribution in [0.1, 0.15) is 60.3 Å². The summed E-state index contributed by atoms with van der Waals surface area (Å²) in [6, 6.07) is 0. The number of hydrogen-bond donors (Lipinski definition) is 0. The maximum Gasteiger partial charge on any atom is -0.0440 e. The van der Waals surface area contributed by atoms with E-state index in [-0.39, 0.29) is 0 Å². The molecule has 74 valence electrons. The first-order valence-corrected chi connectivity index (χ1v) is 5.56. The predicted molar refractivity (Wildman–Crippen MR) is 57.3 cm³/mol. The largest absolute Gasteiger partial charge is 0.0651 e. The Balaban J connectivity index is 3.36. The van der Waals surface area contributed by atoms with Gasteiger partial charge in [-0.15, -0.1) is 0 Å². The zero-order valence-corrected chi connectivity index (χ0v) is 9.56. The zero-order valence-electron chi connectivity index (χ0n) is 9.56. The van der Waals surface area contributed by atoms with Crippen molar-refractivity contribution in [1.29, 1.82) is 0 Å². The fourth-order valence-electron chi connectivity index (χ4n) is 1.70. The summed E-state index contributed by atoms with van der Waals surface area (Å²) in [4.78, 5) is 0. The van der Waals surface area contributed by atoms with E-state index in [9.17, 15) is 0 Å². The highest BCUT2D eigenvalue weighted by Gasteiger charge is 2.06. The van der Waals surface area contributed by atoms with Crippen molar-refractivity contribution >= 4 is 0 Å². The standard InChI is InChI=1S/C12H26/c1-6-11(4)7-8-12(5)9-10(2)3/h10-12H,6-9H2,1-5H3. The molecule has 0 saturated heterocycles. The van der Waals surface area contributed by atoms with Crippen LogP contribution < -0.4 is 0 Å². The fraction of sp³-hybridized carbons (Fsp3) is 1.00. The number of rotatable bonds is 6. The Labute approximate surface area is 78.8 Å². The monoisotopic (exact) mass is 170 g/mol. The molecule has 0 aromatic carbocycles. The van der Waals surface area contributed by atoms with Gasteiger partial charge in [-0.1, -0.05) is 53.9 Å². The average Bonchev–Trinajstić information content (AvgIpc) is 1.99. The molecule has 0 saturated carbocycles. The highest BCUT2D eigenvalue weighted by molar-refractivity contribution is 4.59. The van der Waals surface area contributed by atoms with Gasteiger partial charge in [0.15, 0.2) is 0 Å². The van der Waals surface area contributed by atoms with Crippen molar-refractivity contribution in [2.45, 2.75) is 60.3 Å². The van der Waals surface area contributed by atoms with Crippen LogP contribution in [0, 0.1) is 17.8 Å². The number of hydrogen-bond acceptors (Lipinski definition) is 0. The van der Waals surface area contributed by atoms with Crippen molar-refractivity contribution in [3.63, 3.8) is 0 Å². The van der Waals surface area contributed by atoms with Gasteiger partial charge in [0.2, 0.25) is 0 Å². The van der Waals surface area contributed by atoms with Crippen molar-refractivity contribution in [3.05, 3.63) is 0 Å². The van der Waals surface area contributed by atoms with Gasteiger partial charge in [0.05, 0.1) is 0 Å². The molecule has 0 rings (SSSR count). The molecule has 0 aromatic rings. The SMILES string of the molecule is CCC(C)CCC(C)CC(C)C. The quantitative estimate of drug-likeness (QED) is 0.551. The van der Waals surface area contributed by atoms with Crippen molar-refractivity contribution in [2.24, 2.45) is 17.8 Å². The second-order valence-electron chi connectivity index (χ2n) is 4.83. The van der Waals surface area contributed by atoms with Crippen LogP contribution in [0.4, 0.5) is 0 Å². The van der Waals surface area contributed by atoms with E-state index in [1.165, 1.54) is 25.7 Å². The van der Waals surface area contributed by atoms with E-state index < -0.39 is 0 Å². The maximum absolute atomic E-state index is 2.39. The molecule has 0 spiro atoms. The molecule has 0 fully saturated rings. The second kappa shape index (κ2) is 6.51. The summed E-state index contributed by atoms with van der Waals surface area (Å²) in [6.07, 6.45) is 5.59. The topological polar surface area (TPSA) is 0 Å². The summed E-state index contributed by atoms with van der Waals surface area (Å²) in [5.74, 6) is 2.73. The first-order chi connectivity index (χ1) is 5.56.